The van der Waals surface area contributed by atoms with E-state index in [2.05, 4.69) is 15.0 Å². The largest absolute Gasteiger partial charge is 0.476 e. The smallest absolute Gasteiger partial charge is 0.356 e. The molecule has 1 aliphatic heterocycles. The van der Waals surface area contributed by atoms with Crippen LogP contribution in [0, 0.1) is 0 Å². The standard InChI is InChI=1S/C12H14N4O2/c17-12(18)9-8-16-10(13-9)4-5-11(14-16)15-6-2-1-3-7-15/h4-5,8H,1-3,6-7H2,(H,17,18). The fraction of sp³-hybridized carbons (Fsp3) is 0.417. The molecule has 0 saturated carbocycles. The van der Waals surface area contributed by atoms with Crippen LogP contribution >= 0.6 is 0 Å². The Morgan fingerprint density at radius 1 is 1.22 bits per heavy atom. The first kappa shape index (κ1) is 11.0. The van der Waals surface area contributed by atoms with Gasteiger partial charge >= 0.3 is 5.97 Å². The van der Waals surface area contributed by atoms with Gasteiger partial charge in [0.2, 0.25) is 0 Å². The van der Waals surface area contributed by atoms with Crippen LogP contribution in [0.5, 0.6) is 0 Å². The molecule has 2 aromatic heterocycles. The zero-order valence-electron chi connectivity index (χ0n) is 9.91. The number of hydrogen-bond acceptors (Lipinski definition) is 4. The fourth-order valence-corrected chi connectivity index (χ4v) is 2.27. The van der Waals surface area contributed by atoms with Crippen molar-refractivity contribution in [1.29, 1.82) is 0 Å². The predicted octanol–water partition coefficient (Wildman–Crippen LogP) is 1.42. The molecule has 0 aliphatic carbocycles. The molecule has 6 nitrogen and oxygen atoms in total. The van der Waals surface area contributed by atoms with Crippen LogP contribution in [0.3, 0.4) is 0 Å². The molecule has 94 valence electrons. The molecule has 0 amide bonds. The third kappa shape index (κ3) is 1.90. The van der Waals surface area contributed by atoms with E-state index < -0.39 is 5.97 Å². The second-order valence-electron chi connectivity index (χ2n) is 4.47. The highest BCUT2D eigenvalue weighted by molar-refractivity contribution is 5.86. The van der Waals surface area contributed by atoms with Gasteiger partial charge in [0.1, 0.15) is 5.82 Å². The SMILES string of the molecule is O=C(O)c1cn2nc(N3CCCCC3)ccc2n1. The second kappa shape index (κ2) is 4.29. The number of fused-ring (bicyclic) bond motifs is 1. The van der Waals surface area contributed by atoms with Gasteiger partial charge in [-0.05, 0) is 31.4 Å². The average Bonchev–Trinajstić information content (AvgIpc) is 2.82. The maximum Gasteiger partial charge on any atom is 0.356 e. The number of imidazole rings is 1. The molecule has 0 bridgehead atoms. The number of anilines is 1. The van der Waals surface area contributed by atoms with Crippen molar-refractivity contribution in [3.8, 4) is 0 Å². The lowest BCUT2D eigenvalue weighted by Crippen LogP contribution is -2.30. The van der Waals surface area contributed by atoms with E-state index in [1.54, 1.807) is 0 Å². The van der Waals surface area contributed by atoms with Crippen molar-refractivity contribution in [2.75, 3.05) is 18.0 Å². The maximum atomic E-state index is 10.8. The lowest BCUT2D eigenvalue weighted by Gasteiger charge is -2.27. The van der Waals surface area contributed by atoms with Crippen molar-refractivity contribution in [3.63, 3.8) is 0 Å². The first-order chi connectivity index (χ1) is 8.74. The molecule has 1 fully saturated rings. The van der Waals surface area contributed by atoms with E-state index in [0.29, 0.717) is 5.65 Å². The highest BCUT2D eigenvalue weighted by atomic mass is 16.4. The number of hydrogen-bond donors (Lipinski definition) is 1. The van der Waals surface area contributed by atoms with Crippen molar-refractivity contribution in [1.82, 2.24) is 14.6 Å². The van der Waals surface area contributed by atoms with Gasteiger partial charge in [0.05, 0.1) is 6.20 Å². The molecular weight excluding hydrogens is 232 g/mol. The molecule has 0 atom stereocenters. The monoisotopic (exact) mass is 246 g/mol. The maximum absolute atomic E-state index is 10.8. The zero-order chi connectivity index (χ0) is 12.5. The van der Waals surface area contributed by atoms with Gasteiger partial charge in [-0.1, -0.05) is 0 Å². The normalized spacial score (nSPS) is 16.1. The van der Waals surface area contributed by atoms with Crippen molar-refractivity contribution in [2.24, 2.45) is 0 Å². The summed E-state index contributed by atoms with van der Waals surface area (Å²) in [7, 11) is 0. The average molecular weight is 246 g/mol. The minimum Gasteiger partial charge on any atom is -0.476 e. The van der Waals surface area contributed by atoms with Gasteiger partial charge in [0.15, 0.2) is 11.3 Å². The van der Waals surface area contributed by atoms with Crippen LogP contribution in [0.25, 0.3) is 5.65 Å². The Morgan fingerprint density at radius 3 is 2.72 bits per heavy atom. The number of aromatic nitrogens is 3. The Labute approximate surface area is 104 Å². The van der Waals surface area contributed by atoms with Gasteiger partial charge in [-0.3, -0.25) is 0 Å². The van der Waals surface area contributed by atoms with Crippen LogP contribution in [0.15, 0.2) is 18.3 Å². The molecular formula is C12H14N4O2. The van der Waals surface area contributed by atoms with E-state index in [0.717, 1.165) is 18.9 Å². The molecule has 2 aromatic rings. The molecule has 0 radical (unpaired) electrons. The van der Waals surface area contributed by atoms with Crippen LogP contribution in [-0.2, 0) is 0 Å². The van der Waals surface area contributed by atoms with Gasteiger partial charge in [-0.2, -0.15) is 0 Å². The topological polar surface area (TPSA) is 70.7 Å². The Kier molecular flexibility index (Phi) is 2.62. The summed E-state index contributed by atoms with van der Waals surface area (Å²) in [6, 6.07) is 3.71. The number of carbonyl (C=O) groups is 1. The van der Waals surface area contributed by atoms with Crippen LogP contribution in [-0.4, -0.2) is 38.8 Å². The quantitative estimate of drug-likeness (QED) is 0.867. The second-order valence-corrected chi connectivity index (χ2v) is 4.47. The summed E-state index contributed by atoms with van der Waals surface area (Å²) in [6.45, 7) is 2.03. The van der Waals surface area contributed by atoms with Gasteiger partial charge in [0.25, 0.3) is 0 Å². The lowest BCUT2D eigenvalue weighted by atomic mass is 10.1. The number of rotatable bonds is 2. The summed E-state index contributed by atoms with van der Waals surface area (Å²) in [4.78, 5) is 17.0. The molecule has 18 heavy (non-hydrogen) atoms. The summed E-state index contributed by atoms with van der Waals surface area (Å²) in [5, 5.41) is 13.3. The molecule has 3 heterocycles. The van der Waals surface area contributed by atoms with Gasteiger partial charge in [0, 0.05) is 13.1 Å². The molecule has 1 N–H and O–H groups in total. The Hall–Kier alpha value is -2.11. The number of nitrogens with zero attached hydrogens (tertiary/aromatic N) is 4. The van der Waals surface area contributed by atoms with E-state index in [-0.39, 0.29) is 5.69 Å². The first-order valence-corrected chi connectivity index (χ1v) is 6.09. The Morgan fingerprint density at radius 2 is 2.00 bits per heavy atom. The van der Waals surface area contributed by atoms with Crippen molar-refractivity contribution >= 4 is 17.4 Å². The number of piperidine rings is 1. The molecule has 6 heteroatoms. The summed E-state index contributed by atoms with van der Waals surface area (Å²) in [5.41, 5.74) is 0.589. The summed E-state index contributed by atoms with van der Waals surface area (Å²) in [5.74, 6) is -0.142. The fourth-order valence-electron chi connectivity index (χ4n) is 2.27. The van der Waals surface area contributed by atoms with Crippen LogP contribution in [0.2, 0.25) is 0 Å². The van der Waals surface area contributed by atoms with Crippen LogP contribution < -0.4 is 4.90 Å². The lowest BCUT2D eigenvalue weighted by molar-refractivity contribution is 0.0691. The molecule has 0 spiro atoms. The van der Waals surface area contributed by atoms with Gasteiger partial charge in [-0.15, -0.1) is 5.10 Å². The molecule has 3 rings (SSSR count). The molecule has 0 aromatic carbocycles. The minimum atomic E-state index is -1.03. The Bertz CT molecular complexity index is 587. The van der Waals surface area contributed by atoms with E-state index >= 15 is 0 Å². The van der Waals surface area contributed by atoms with E-state index in [1.807, 2.05) is 12.1 Å². The Balaban J connectivity index is 1.96. The number of carboxylic acids is 1. The number of carboxylic acid groups (broad SMARTS) is 1. The third-order valence-electron chi connectivity index (χ3n) is 3.21. The summed E-state index contributed by atoms with van der Waals surface area (Å²) < 4.78 is 1.54. The molecule has 0 unspecified atom stereocenters. The van der Waals surface area contributed by atoms with Crippen LogP contribution in [0.1, 0.15) is 29.8 Å². The predicted molar refractivity (Wildman–Crippen MR) is 66.0 cm³/mol. The van der Waals surface area contributed by atoms with E-state index in [9.17, 15) is 4.79 Å². The van der Waals surface area contributed by atoms with Crippen molar-refractivity contribution < 1.29 is 9.90 Å². The van der Waals surface area contributed by atoms with Gasteiger partial charge in [-0.25, -0.2) is 14.3 Å². The highest BCUT2D eigenvalue weighted by Crippen LogP contribution is 2.17. The van der Waals surface area contributed by atoms with Crippen molar-refractivity contribution in [2.45, 2.75) is 19.3 Å². The van der Waals surface area contributed by atoms with Gasteiger partial charge < -0.3 is 10.0 Å². The van der Waals surface area contributed by atoms with E-state index in [1.165, 1.54) is 30.0 Å². The minimum absolute atomic E-state index is 0.0262. The molecule has 1 saturated heterocycles. The molecule has 1 aliphatic rings. The first-order valence-electron chi connectivity index (χ1n) is 6.09. The summed E-state index contributed by atoms with van der Waals surface area (Å²) in [6.07, 6.45) is 5.09. The van der Waals surface area contributed by atoms with Crippen LogP contribution in [0.4, 0.5) is 5.82 Å². The third-order valence-corrected chi connectivity index (χ3v) is 3.21. The highest BCUT2D eigenvalue weighted by Gasteiger charge is 2.14. The zero-order valence-corrected chi connectivity index (χ0v) is 9.91. The summed E-state index contributed by atoms with van der Waals surface area (Å²) >= 11 is 0. The van der Waals surface area contributed by atoms with Crippen molar-refractivity contribution in [3.05, 3.63) is 24.0 Å². The number of aromatic carboxylic acids is 1. The van der Waals surface area contributed by atoms with E-state index in [4.69, 9.17) is 5.11 Å².